The van der Waals surface area contributed by atoms with Gasteiger partial charge in [0, 0.05) is 33.2 Å². The number of fused-ring (bicyclic) bond motifs is 1. The Bertz CT molecular complexity index is 702. The number of hydrogen-bond acceptors (Lipinski definition) is 8. The molecule has 2 fully saturated rings. The van der Waals surface area contributed by atoms with Gasteiger partial charge in [0.05, 0.1) is 19.7 Å². The minimum absolute atomic E-state index is 0.0538. The molecule has 28 heavy (non-hydrogen) atoms. The third-order valence-corrected chi connectivity index (χ3v) is 5.10. The van der Waals surface area contributed by atoms with Crippen LogP contribution in [0.4, 0.5) is 9.59 Å². The molecule has 0 spiro atoms. The average Bonchev–Trinajstić information content (AvgIpc) is 2.99. The molecule has 2 atom stereocenters. The zero-order valence-corrected chi connectivity index (χ0v) is 16.4. The second kappa shape index (κ2) is 8.13. The molecule has 3 aliphatic heterocycles. The summed E-state index contributed by atoms with van der Waals surface area (Å²) in [5.74, 6) is 0.0690. The Morgan fingerprint density at radius 2 is 1.89 bits per heavy atom. The number of Topliss-reactive ketones (excluding diaryl/α,β-unsaturated/α-hetero) is 1. The van der Waals surface area contributed by atoms with Crippen molar-refractivity contribution in [2.24, 2.45) is 4.99 Å². The number of amides is 4. The second-order valence-electron chi connectivity index (χ2n) is 7.10. The van der Waals surface area contributed by atoms with E-state index in [9.17, 15) is 19.2 Å². The van der Waals surface area contributed by atoms with Crippen molar-refractivity contribution in [3.05, 3.63) is 0 Å². The van der Waals surface area contributed by atoms with Crippen molar-refractivity contribution in [1.29, 1.82) is 0 Å². The number of ketones is 1. The molecule has 3 rings (SSSR count). The molecule has 3 heterocycles. The van der Waals surface area contributed by atoms with Gasteiger partial charge in [-0.1, -0.05) is 0 Å². The van der Waals surface area contributed by atoms with Gasteiger partial charge in [-0.3, -0.25) is 19.8 Å². The largest absolute Gasteiger partial charge is 0.450 e. The maximum absolute atomic E-state index is 12.4. The maximum atomic E-state index is 12.4. The van der Waals surface area contributed by atoms with Crippen molar-refractivity contribution in [2.75, 3.05) is 52.9 Å². The highest BCUT2D eigenvalue weighted by atomic mass is 16.6. The van der Waals surface area contributed by atoms with Gasteiger partial charge in [0.25, 0.3) is 5.91 Å². The van der Waals surface area contributed by atoms with Gasteiger partial charge in [-0.25, -0.2) is 14.6 Å². The minimum atomic E-state index is -0.706. The number of piperazine rings is 1. The lowest BCUT2D eigenvalue weighted by molar-refractivity contribution is -0.128. The standard InChI is InChI=1S/C17H26N6O5/c1-4-28-17(27)22-7-5-21(6-8-22)10-12-18-14-13(23(12)9-11(2)24)15(25)19-16(26)20(14)3/h13-14H,4-10H2,1-3H3,(H,19,25,26). The highest BCUT2D eigenvalue weighted by Gasteiger charge is 2.48. The Balaban J connectivity index is 1.69. The molecule has 154 valence electrons. The van der Waals surface area contributed by atoms with Crippen LogP contribution >= 0.6 is 0 Å². The fourth-order valence-corrected chi connectivity index (χ4v) is 3.65. The van der Waals surface area contributed by atoms with Gasteiger partial charge in [-0.15, -0.1) is 0 Å². The Kier molecular flexibility index (Phi) is 5.82. The molecule has 2 unspecified atom stereocenters. The van der Waals surface area contributed by atoms with E-state index in [1.165, 1.54) is 11.8 Å². The Morgan fingerprint density at radius 1 is 1.21 bits per heavy atom. The smallest absolute Gasteiger partial charge is 0.409 e. The van der Waals surface area contributed by atoms with E-state index in [1.807, 2.05) is 0 Å². The van der Waals surface area contributed by atoms with E-state index in [4.69, 9.17) is 4.74 Å². The summed E-state index contributed by atoms with van der Waals surface area (Å²) in [5.41, 5.74) is 0. The zero-order valence-electron chi connectivity index (χ0n) is 16.4. The predicted octanol–water partition coefficient (Wildman–Crippen LogP) is -1.06. The van der Waals surface area contributed by atoms with Crippen molar-refractivity contribution in [3.8, 4) is 0 Å². The molecule has 0 aromatic carbocycles. The summed E-state index contributed by atoms with van der Waals surface area (Å²) < 4.78 is 5.03. The van der Waals surface area contributed by atoms with Crippen molar-refractivity contribution >= 4 is 29.7 Å². The summed E-state index contributed by atoms with van der Waals surface area (Å²) in [6, 6.07) is -1.20. The van der Waals surface area contributed by atoms with E-state index >= 15 is 0 Å². The normalized spacial score (nSPS) is 25.4. The molecule has 1 N–H and O–H groups in total. The van der Waals surface area contributed by atoms with Gasteiger partial charge < -0.3 is 19.4 Å². The van der Waals surface area contributed by atoms with Crippen LogP contribution in [0.2, 0.25) is 0 Å². The fraction of sp³-hybridized carbons (Fsp3) is 0.706. The van der Waals surface area contributed by atoms with Crippen LogP contribution in [-0.4, -0.2) is 114 Å². The molecule has 0 aromatic heterocycles. The molecule has 11 heteroatoms. The third-order valence-electron chi connectivity index (χ3n) is 5.10. The Labute approximate surface area is 163 Å². The third kappa shape index (κ3) is 3.93. The van der Waals surface area contributed by atoms with Gasteiger partial charge in [-0.2, -0.15) is 0 Å². The lowest BCUT2D eigenvalue weighted by Gasteiger charge is -2.37. The van der Waals surface area contributed by atoms with E-state index < -0.39 is 24.1 Å². The number of likely N-dealkylation sites (N-methyl/N-ethyl adjacent to an activating group) is 1. The highest BCUT2D eigenvalue weighted by molar-refractivity contribution is 6.05. The topological polar surface area (TPSA) is 115 Å². The minimum Gasteiger partial charge on any atom is -0.450 e. The molecule has 0 saturated carbocycles. The van der Waals surface area contributed by atoms with Crippen LogP contribution in [0.1, 0.15) is 13.8 Å². The predicted molar refractivity (Wildman–Crippen MR) is 98.7 cm³/mol. The summed E-state index contributed by atoms with van der Waals surface area (Å²) in [6.45, 7) is 6.38. The molecule has 3 aliphatic rings. The molecule has 0 aliphatic carbocycles. The van der Waals surface area contributed by atoms with Crippen LogP contribution in [0.5, 0.6) is 0 Å². The van der Waals surface area contributed by atoms with Gasteiger partial charge in [0.2, 0.25) is 0 Å². The van der Waals surface area contributed by atoms with Crippen LogP contribution < -0.4 is 5.32 Å². The van der Waals surface area contributed by atoms with Crippen LogP contribution in [-0.2, 0) is 14.3 Å². The number of carbonyl (C=O) groups excluding carboxylic acids is 4. The van der Waals surface area contributed by atoms with E-state index in [0.717, 1.165) is 0 Å². The van der Waals surface area contributed by atoms with E-state index in [1.54, 1.807) is 23.8 Å². The number of ether oxygens (including phenoxy) is 1. The number of amidine groups is 1. The monoisotopic (exact) mass is 394 g/mol. The number of urea groups is 1. The van der Waals surface area contributed by atoms with Gasteiger partial charge >= 0.3 is 12.1 Å². The summed E-state index contributed by atoms with van der Waals surface area (Å²) in [4.78, 5) is 59.3. The number of carbonyl (C=O) groups is 4. The molecular formula is C17H26N6O5. The highest BCUT2D eigenvalue weighted by Crippen LogP contribution is 2.24. The quantitative estimate of drug-likeness (QED) is 0.632. The summed E-state index contributed by atoms with van der Waals surface area (Å²) in [7, 11) is 1.58. The molecule has 2 saturated heterocycles. The van der Waals surface area contributed by atoms with Gasteiger partial charge in [0.15, 0.2) is 12.2 Å². The van der Waals surface area contributed by atoms with Crippen molar-refractivity contribution in [1.82, 2.24) is 24.9 Å². The van der Waals surface area contributed by atoms with E-state index in [-0.39, 0.29) is 18.4 Å². The lowest BCUT2D eigenvalue weighted by atomic mass is 10.1. The number of nitrogens with one attached hydrogen (secondary N) is 1. The zero-order chi connectivity index (χ0) is 20.4. The van der Waals surface area contributed by atoms with Crippen LogP contribution in [0, 0.1) is 0 Å². The number of rotatable bonds is 5. The van der Waals surface area contributed by atoms with Crippen LogP contribution in [0.25, 0.3) is 0 Å². The molecule has 0 aromatic rings. The average molecular weight is 394 g/mol. The lowest BCUT2D eigenvalue weighted by Crippen LogP contribution is -2.64. The summed E-state index contributed by atoms with van der Waals surface area (Å²) in [6.07, 6.45) is -0.960. The molecular weight excluding hydrogens is 368 g/mol. The van der Waals surface area contributed by atoms with Crippen LogP contribution in [0.15, 0.2) is 4.99 Å². The number of nitrogens with zero attached hydrogens (tertiary/aromatic N) is 5. The maximum Gasteiger partial charge on any atom is 0.409 e. The van der Waals surface area contributed by atoms with Crippen molar-refractivity contribution < 1.29 is 23.9 Å². The molecule has 0 radical (unpaired) electrons. The first kappa shape index (κ1) is 20.1. The SMILES string of the molecule is CCOC(=O)N1CCN(CC2=NC3C(C(=O)NC(=O)N3C)N2CC(C)=O)CC1. The van der Waals surface area contributed by atoms with Crippen molar-refractivity contribution in [2.45, 2.75) is 26.1 Å². The van der Waals surface area contributed by atoms with E-state index in [0.29, 0.717) is 45.2 Å². The molecule has 11 nitrogen and oxygen atoms in total. The first-order chi connectivity index (χ1) is 13.3. The number of hydrogen-bond donors (Lipinski definition) is 1. The van der Waals surface area contributed by atoms with Gasteiger partial charge in [-0.05, 0) is 13.8 Å². The summed E-state index contributed by atoms with van der Waals surface area (Å²) >= 11 is 0. The Hall–Kier alpha value is -2.69. The second-order valence-corrected chi connectivity index (χ2v) is 7.10. The molecule has 0 bridgehead atoms. The number of aliphatic imine (C=N–C) groups is 1. The molecule has 4 amide bonds. The van der Waals surface area contributed by atoms with Crippen LogP contribution in [0.3, 0.4) is 0 Å². The first-order valence-electron chi connectivity index (χ1n) is 9.36. The van der Waals surface area contributed by atoms with E-state index in [2.05, 4.69) is 15.2 Å². The fourth-order valence-electron chi connectivity index (χ4n) is 3.65. The Morgan fingerprint density at radius 3 is 2.50 bits per heavy atom. The van der Waals surface area contributed by atoms with Gasteiger partial charge in [0.1, 0.15) is 11.6 Å². The van der Waals surface area contributed by atoms with Crippen molar-refractivity contribution in [3.63, 3.8) is 0 Å². The summed E-state index contributed by atoms with van der Waals surface area (Å²) in [5, 5.41) is 2.31. The number of imide groups is 1. The first-order valence-corrected chi connectivity index (χ1v) is 9.36.